The Morgan fingerprint density at radius 3 is 2.58 bits per heavy atom. The molecule has 0 aliphatic carbocycles. The van der Waals surface area contributed by atoms with Crippen LogP contribution in [-0.4, -0.2) is 22.1 Å². The summed E-state index contributed by atoms with van der Waals surface area (Å²) < 4.78 is 5.32. The highest BCUT2D eigenvalue weighted by Crippen LogP contribution is 2.26. The van der Waals surface area contributed by atoms with E-state index >= 15 is 0 Å². The van der Waals surface area contributed by atoms with Crippen molar-refractivity contribution in [3.63, 3.8) is 0 Å². The van der Waals surface area contributed by atoms with Crippen LogP contribution in [0.3, 0.4) is 0 Å². The first-order valence-electron chi connectivity index (χ1n) is 7.86. The first kappa shape index (κ1) is 18.3. The molecule has 0 radical (unpaired) electrons. The fourth-order valence-electron chi connectivity index (χ4n) is 2.27. The van der Waals surface area contributed by atoms with Crippen LogP contribution in [-0.2, 0) is 11.5 Å². The third-order valence-corrected chi connectivity index (χ3v) is 4.72. The summed E-state index contributed by atoms with van der Waals surface area (Å²) >= 11 is 7.59. The molecular weight excluding hydrogens is 370 g/mol. The Morgan fingerprint density at radius 2 is 1.81 bits per heavy atom. The number of nitrogens with one attached hydrogen (secondary N) is 1. The lowest BCUT2D eigenvalue weighted by atomic mass is 10.2. The molecule has 6 nitrogen and oxygen atoms in total. The third kappa shape index (κ3) is 5.00. The summed E-state index contributed by atoms with van der Waals surface area (Å²) in [6.45, 7) is 0. The first-order chi connectivity index (χ1) is 12.6. The number of aromatic nitrogens is 3. The molecule has 3 aromatic rings. The van der Waals surface area contributed by atoms with Crippen molar-refractivity contribution in [1.29, 1.82) is 0 Å². The number of nitrogens with zero attached hydrogens (tertiary/aromatic N) is 3. The van der Waals surface area contributed by atoms with Gasteiger partial charge >= 0.3 is 0 Å². The Kier molecular flexibility index (Phi) is 6.14. The molecule has 0 amide bonds. The lowest BCUT2D eigenvalue weighted by molar-refractivity contribution is 0.417. The molecule has 3 N–H and O–H groups in total. The zero-order chi connectivity index (χ0) is 18.4. The van der Waals surface area contributed by atoms with Crippen LogP contribution in [0.5, 0.6) is 5.75 Å². The number of para-hydroxylation sites is 2. The smallest absolute Gasteiger partial charge is 0.232 e. The molecular formula is C18H18ClN5OS. The number of thioether (sulfide) groups is 1. The highest BCUT2D eigenvalue weighted by Gasteiger charge is 2.08. The molecule has 0 saturated carbocycles. The molecule has 2 aromatic carbocycles. The number of rotatable bonds is 7. The van der Waals surface area contributed by atoms with Gasteiger partial charge in [0.1, 0.15) is 11.6 Å². The number of halogens is 1. The number of nitrogen functional groups attached to an aromatic ring is 1. The number of anilines is 3. The molecule has 0 bridgehead atoms. The van der Waals surface area contributed by atoms with Crippen LogP contribution in [0, 0.1) is 0 Å². The van der Waals surface area contributed by atoms with Crippen LogP contribution >= 0.6 is 23.4 Å². The van der Waals surface area contributed by atoms with Gasteiger partial charge in [-0.25, -0.2) is 0 Å². The van der Waals surface area contributed by atoms with Gasteiger partial charge in [0.2, 0.25) is 11.9 Å². The Labute approximate surface area is 161 Å². The largest absolute Gasteiger partial charge is 0.495 e. The second kappa shape index (κ2) is 8.73. The molecule has 0 fully saturated rings. The topological polar surface area (TPSA) is 86.0 Å². The van der Waals surface area contributed by atoms with E-state index in [9.17, 15) is 0 Å². The Morgan fingerprint density at radius 1 is 1.04 bits per heavy atom. The van der Waals surface area contributed by atoms with E-state index in [1.54, 1.807) is 18.9 Å². The molecule has 134 valence electrons. The Balaban J connectivity index is 1.66. The van der Waals surface area contributed by atoms with Crippen molar-refractivity contribution in [2.45, 2.75) is 11.5 Å². The normalized spacial score (nSPS) is 10.5. The van der Waals surface area contributed by atoms with Gasteiger partial charge in [0.05, 0.1) is 18.6 Å². The minimum Gasteiger partial charge on any atom is -0.495 e. The third-order valence-electron chi connectivity index (χ3n) is 3.47. The van der Waals surface area contributed by atoms with Crippen LogP contribution in [0.1, 0.15) is 11.4 Å². The Bertz CT molecular complexity index is 876. The molecule has 8 heteroatoms. The maximum absolute atomic E-state index is 5.90. The summed E-state index contributed by atoms with van der Waals surface area (Å²) in [5.41, 5.74) is 7.78. The maximum atomic E-state index is 5.90. The van der Waals surface area contributed by atoms with Crippen LogP contribution in [0.25, 0.3) is 0 Å². The predicted molar refractivity (Wildman–Crippen MR) is 107 cm³/mol. The van der Waals surface area contributed by atoms with E-state index in [2.05, 4.69) is 20.3 Å². The number of nitrogens with two attached hydrogens (primary N) is 1. The molecule has 0 saturated heterocycles. The van der Waals surface area contributed by atoms with Gasteiger partial charge in [-0.05, 0) is 29.8 Å². The maximum Gasteiger partial charge on any atom is 0.232 e. The quantitative estimate of drug-likeness (QED) is 0.625. The zero-order valence-electron chi connectivity index (χ0n) is 14.1. The summed E-state index contributed by atoms with van der Waals surface area (Å²) in [4.78, 5) is 12.8. The highest BCUT2D eigenvalue weighted by molar-refractivity contribution is 7.97. The standard InChI is InChI=1S/C18H18ClN5OS/c1-25-15-5-3-2-4-14(15)21-18-23-16(22-17(20)24-18)11-26-10-12-6-8-13(19)9-7-12/h2-9H,10-11H2,1H3,(H3,20,21,22,23,24). The number of hydrogen-bond donors (Lipinski definition) is 2. The second-order valence-electron chi connectivity index (χ2n) is 5.38. The van der Waals surface area contributed by atoms with E-state index < -0.39 is 0 Å². The van der Waals surface area contributed by atoms with Crippen LogP contribution in [0.15, 0.2) is 48.5 Å². The van der Waals surface area contributed by atoms with Gasteiger partial charge in [0.25, 0.3) is 0 Å². The van der Waals surface area contributed by atoms with E-state index in [1.165, 1.54) is 5.56 Å². The summed E-state index contributed by atoms with van der Waals surface area (Å²) in [6, 6.07) is 15.3. The fourth-order valence-corrected chi connectivity index (χ4v) is 3.24. The molecule has 1 aromatic heterocycles. The van der Waals surface area contributed by atoms with E-state index in [4.69, 9.17) is 22.1 Å². The van der Waals surface area contributed by atoms with E-state index in [1.807, 2.05) is 48.5 Å². The SMILES string of the molecule is COc1ccccc1Nc1nc(N)nc(CSCc2ccc(Cl)cc2)n1. The molecule has 0 spiro atoms. The molecule has 0 atom stereocenters. The van der Waals surface area contributed by atoms with Gasteiger partial charge in [-0.15, -0.1) is 11.8 Å². The molecule has 0 aliphatic heterocycles. The highest BCUT2D eigenvalue weighted by atomic mass is 35.5. The number of hydrogen-bond acceptors (Lipinski definition) is 7. The van der Waals surface area contributed by atoms with Gasteiger partial charge in [0.15, 0.2) is 0 Å². The van der Waals surface area contributed by atoms with Crippen molar-refractivity contribution in [3.05, 3.63) is 64.9 Å². The monoisotopic (exact) mass is 387 g/mol. The van der Waals surface area contributed by atoms with Gasteiger partial charge in [-0.1, -0.05) is 35.9 Å². The molecule has 1 heterocycles. The molecule has 3 rings (SSSR count). The van der Waals surface area contributed by atoms with Gasteiger partial charge < -0.3 is 15.8 Å². The van der Waals surface area contributed by atoms with Crippen molar-refractivity contribution in [2.75, 3.05) is 18.2 Å². The average Bonchev–Trinajstić information content (AvgIpc) is 2.63. The summed E-state index contributed by atoms with van der Waals surface area (Å²) in [6.07, 6.45) is 0. The number of ether oxygens (including phenoxy) is 1. The fraction of sp³-hybridized carbons (Fsp3) is 0.167. The van der Waals surface area contributed by atoms with Crippen molar-refractivity contribution < 1.29 is 4.74 Å². The number of methoxy groups -OCH3 is 1. The number of benzene rings is 2. The van der Waals surface area contributed by atoms with Gasteiger partial charge in [-0.3, -0.25) is 0 Å². The van der Waals surface area contributed by atoms with Crippen molar-refractivity contribution in [2.24, 2.45) is 0 Å². The first-order valence-corrected chi connectivity index (χ1v) is 9.40. The second-order valence-corrected chi connectivity index (χ2v) is 6.80. The minimum absolute atomic E-state index is 0.180. The Hall–Kier alpha value is -2.51. The summed E-state index contributed by atoms with van der Waals surface area (Å²) in [5, 5.41) is 3.86. The summed E-state index contributed by atoms with van der Waals surface area (Å²) in [5.74, 6) is 3.34. The molecule has 0 aliphatic rings. The van der Waals surface area contributed by atoms with Crippen LogP contribution < -0.4 is 15.8 Å². The average molecular weight is 388 g/mol. The lowest BCUT2D eigenvalue weighted by Gasteiger charge is -2.10. The van der Waals surface area contributed by atoms with E-state index in [-0.39, 0.29) is 5.95 Å². The molecule has 26 heavy (non-hydrogen) atoms. The predicted octanol–water partition coefficient (Wildman–Crippen LogP) is 4.29. The van der Waals surface area contributed by atoms with E-state index in [0.29, 0.717) is 23.3 Å². The lowest BCUT2D eigenvalue weighted by Crippen LogP contribution is -2.07. The van der Waals surface area contributed by atoms with Crippen LogP contribution in [0.2, 0.25) is 5.02 Å². The van der Waals surface area contributed by atoms with Gasteiger partial charge in [0, 0.05) is 10.8 Å². The van der Waals surface area contributed by atoms with Crippen molar-refractivity contribution in [1.82, 2.24) is 15.0 Å². The zero-order valence-corrected chi connectivity index (χ0v) is 15.7. The van der Waals surface area contributed by atoms with Crippen molar-refractivity contribution >= 4 is 40.9 Å². The summed E-state index contributed by atoms with van der Waals surface area (Å²) in [7, 11) is 1.61. The van der Waals surface area contributed by atoms with Crippen LogP contribution in [0.4, 0.5) is 17.6 Å². The van der Waals surface area contributed by atoms with Crippen molar-refractivity contribution in [3.8, 4) is 5.75 Å². The van der Waals surface area contributed by atoms with E-state index in [0.717, 1.165) is 16.5 Å². The van der Waals surface area contributed by atoms with Gasteiger partial charge in [-0.2, -0.15) is 15.0 Å². The molecule has 0 unspecified atom stereocenters. The minimum atomic E-state index is 0.180.